The van der Waals surface area contributed by atoms with Crippen LogP contribution in [0, 0.1) is 6.92 Å². The lowest BCUT2D eigenvalue weighted by molar-refractivity contribution is 0.205. The first kappa shape index (κ1) is 15.2. The van der Waals surface area contributed by atoms with Gasteiger partial charge in [-0.3, -0.25) is 4.90 Å². The van der Waals surface area contributed by atoms with E-state index >= 15 is 0 Å². The Bertz CT molecular complexity index is 504. The summed E-state index contributed by atoms with van der Waals surface area (Å²) in [6.45, 7) is 5.20. The number of hydrogen-bond acceptors (Lipinski definition) is 3. The molecule has 2 aromatic rings. The van der Waals surface area contributed by atoms with Gasteiger partial charge in [-0.25, -0.2) is 0 Å². The van der Waals surface area contributed by atoms with Gasteiger partial charge in [-0.05, 0) is 37.4 Å². The lowest BCUT2D eigenvalue weighted by Gasteiger charge is -2.31. The highest BCUT2D eigenvalue weighted by atomic mass is 32.1. The minimum absolute atomic E-state index is 0.170. The molecule has 0 saturated heterocycles. The molecule has 2 N–H and O–H groups in total. The number of nitrogens with zero attached hydrogens (tertiary/aromatic N) is 1. The van der Waals surface area contributed by atoms with Crippen LogP contribution in [0.15, 0.2) is 41.8 Å². The molecule has 2 nitrogen and oxygen atoms in total. The van der Waals surface area contributed by atoms with Gasteiger partial charge in [-0.15, -0.1) is 11.3 Å². The van der Waals surface area contributed by atoms with Crippen LogP contribution in [0.25, 0.3) is 0 Å². The highest BCUT2D eigenvalue weighted by Gasteiger charge is 2.23. The minimum Gasteiger partial charge on any atom is -0.326 e. The van der Waals surface area contributed by atoms with E-state index < -0.39 is 0 Å². The van der Waals surface area contributed by atoms with Gasteiger partial charge >= 0.3 is 0 Å². The third-order valence-electron chi connectivity index (χ3n) is 3.74. The average Bonchev–Trinajstić information content (AvgIpc) is 2.95. The quantitative estimate of drug-likeness (QED) is 0.871. The molecular formula is C17H24N2S. The fraction of sp³-hybridized carbons (Fsp3) is 0.412. The Hall–Kier alpha value is -1.16. The SMILES string of the molecule is CCC(N)C(c1cccs1)N(C)Cc1ccc(C)cc1. The first-order valence-corrected chi connectivity index (χ1v) is 8.04. The second-order valence-corrected chi connectivity index (χ2v) is 6.41. The van der Waals surface area contributed by atoms with Crippen molar-refractivity contribution in [3.63, 3.8) is 0 Å². The molecule has 0 aliphatic carbocycles. The molecule has 0 spiro atoms. The van der Waals surface area contributed by atoms with Crippen molar-refractivity contribution in [1.29, 1.82) is 0 Å². The first-order valence-electron chi connectivity index (χ1n) is 7.16. The predicted molar refractivity (Wildman–Crippen MR) is 88.0 cm³/mol. The van der Waals surface area contributed by atoms with Crippen molar-refractivity contribution in [3.8, 4) is 0 Å². The summed E-state index contributed by atoms with van der Waals surface area (Å²) in [4.78, 5) is 3.72. The summed E-state index contributed by atoms with van der Waals surface area (Å²) in [5.74, 6) is 0. The standard InChI is InChI=1S/C17H24N2S/c1-4-15(18)17(16-6-5-11-20-16)19(3)12-14-9-7-13(2)8-10-14/h5-11,15,17H,4,12,18H2,1-3H3. The number of nitrogens with two attached hydrogens (primary N) is 1. The summed E-state index contributed by atoms with van der Waals surface area (Å²) in [5.41, 5.74) is 8.99. The number of benzene rings is 1. The van der Waals surface area contributed by atoms with Crippen molar-refractivity contribution < 1.29 is 0 Å². The Morgan fingerprint density at radius 2 is 1.90 bits per heavy atom. The molecule has 1 heterocycles. The van der Waals surface area contributed by atoms with Gasteiger partial charge in [0.25, 0.3) is 0 Å². The normalized spacial score (nSPS) is 14.4. The summed E-state index contributed by atoms with van der Waals surface area (Å²) in [6.07, 6.45) is 0.987. The van der Waals surface area contributed by atoms with Gasteiger partial charge in [0.1, 0.15) is 0 Å². The largest absolute Gasteiger partial charge is 0.326 e. The summed E-state index contributed by atoms with van der Waals surface area (Å²) in [7, 11) is 2.17. The number of rotatable bonds is 6. The molecule has 2 rings (SSSR count). The van der Waals surface area contributed by atoms with E-state index in [4.69, 9.17) is 5.73 Å². The highest BCUT2D eigenvalue weighted by molar-refractivity contribution is 7.10. The topological polar surface area (TPSA) is 29.3 Å². The molecule has 1 aromatic carbocycles. The molecule has 2 unspecified atom stereocenters. The summed E-state index contributed by atoms with van der Waals surface area (Å²) < 4.78 is 0. The summed E-state index contributed by atoms with van der Waals surface area (Å²) in [6, 6.07) is 13.5. The van der Waals surface area contributed by atoms with Gasteiger partial charge < -0.3 is 5.73 Å². The van der Waals surface area contributed by atoms with Crippen LogP contribution >= 0.6 is 11.3 Å². The molecule has 0 amide bonds. The molecule has 0 aliphatic heterocycles. The van der Waals surface area contributed by atoms with Crippen molar-refractivity contribution in [1.82, 2.24) is 4.90 Å². The third-order valence-corrected chi connectivity index (χ3v) is 4.68. The molecule has 3 heteroatoms. The van der Waals surface area contributed by atoms with Crippen LogP contribution in [0.5, 0.6) is 0 Å². The van der Waals surface area contributed by atoms with Crippen molar-refractivity contribution >= 4 is 11.3 Å². The zero-order chi connectivity index (χ0) is 14.5. The van der Waals surface area contributed by atoms with Gasteiger partial charge in [0.2, 0.25) is 0 Å². The monoisotopic (exact) mass is 288 g/mol. The van der Waals surface area contributed by atoms with Crippen LogP contribution in [0.4, 0.5) is 0 Å². The fourth-order valence-electron chi connectivity index (χ4n) is 2.52. The summed E-state index contributed by atoms with van der Waals surface area (Å²) in [5, 5.41) is 2.13. The Morgan fingerprint density at radius 3 is 2.45 bits per heavy atom. The predicted octanol–water partition coefficient (Wildman–Crippen LogP) is 3.97. The van der Waals surface area contributed by atoms with Crippen LogP contribution in [-0.2, 0) is 6.54 Å². The van der Waals surface area contributed by atoms with E-state index in [2.05, 4.69) is 67.6 Å². The van der Waals surface area contributed by atoms with Crippen LogP contribution < -0.4 is 5.73 Å². The van der Waals surface area contributed by atoms with Crippen molar-refractivity contribution in [2.24, 2.45) is 5.73 Å². The molecule has 2 atom stereocenters. The molecule has 0 fully saturated rings. The lowest BCUT2D eigenvalue weighted by atomic mass is 10.0. The maximum absolute atomic E-state index is 6.35. The van der Waals surface area contributed by atoms with Gasteiger partial charge in [0, 0.05) is 17.5 Å². The zero-order valence-corrected chi connectivity index (χ0v) is 13.4. The Labute approximate surface area is 126 Å². The molecule has 0 bridgehead atoms. The fourth-order valence-corrected chi connectivity index (χ4v) is 3.48. The average molecular weight is 288 g/mol. The van der Waals surface area contributed by atoms with E-state index in [9.17, 15) is 0 Å². The lowest BCUT2D eigenvalue weighted by Crippen LogP contribution is -2.38. The number of likely N-dealkylation sites (N-methyl/N-ethyl adjacent to an activating group) is 1. The highest BCUT2D eigenvalue weighted by Crippen LogP contribution is 2.28. The van der Waals surface area contributed by atoms with Crippen LogP contribution in [-0.4, -0.2) is 18.0 Å². The Morgan fingerprint density at radius 1 is 1.20 bits per heavy atom. The minimum atomic E-state index is 0.170. The van der Waals surface area contributed by atoms with Crippen molar-refractivity contribution in [2.75, 3.05) is 7.05 Å². The molecule has 20 heavy (non-hydrogen) atoms. The van der Waals surface area contributed by atoms with Crippen LogP contribution in [0.3, 0.4) is 0 Å². The molecule has 1 aromatic heterocycles. The van der Waals surface area contributed by atoms with Crippen molar-refractivity contribution in [2.45, 2.75) is 38.9 Å². The van der Waals surface area contributed by atoms with E-state index in [-0.39, 0.29) is 6.04 Å². The number of aryl methyl sites for hydroxylation is 1. The third kappa shape index (κ3) is 3.69. The maximum atomic E-state index is 6.35. The van der Waals surface area contributed by atoms with Gasteiger partial charge in [0.15, 0.2) is 0 Å². The molecule has 0 radical (unpaired) electrons. The van der Waals surface area contributed by atoms with Gasteiger partial charge in [-0.1, -0.05) is 42.8 Å². The summed E-state index contributed by atoms with van der Waals surface area (Å²) >= 11 is 1.79. The first-order chi connectivity index (χ1) is 9.61. The van der Waals surface area contributed by atoms with Crippen LogP contribution in [0.1, 0.15) is 35.4 Å². The van der Waals surface area contributed by atoms with Gasteiger partial charge in [-0.2, -0.15) is 0 Å². The second-order valence-electron chi connectivity index (χ2n) is 5.43. The van der Waals surface area contributed by atoms with Crippen molar-refractivity contribution in [3.05, 3.63) is 57.8 Å². The van der Waals surface area contributed by atoms with E-state index in [1.54, 1.807) is 11.3 Å². The molecule has 108 valence electrons. The maximum Gasteiger partial charge on any atom is 0.0593 e. The molecular weight excluding hydrogens is 264 g/mol. The van der Waals surface area contributed by atoms with E-state index in [0.29, 0.717) is 6.04 Å². The zero-order valence-electron chi connectivity index (χ0n) is 12.5. The Kier molecular flexibility index (Phi) is 5.35. The van der Waals surface area contributed by atoms with E-state index in [1.807, 2.05) is 0 Å². The molecule has 0 aliphatic rings. The smallest absolute Gasteiger partial charge is 0.0593 e. The van der Waals surface area contributed by atoms with Gasteiger partial charge in [0.05, 0.1) is 6.04 Å². The second kappa shape index (κ2) is 7.02. The molecule has 0 saturated carbocycles. The Balaban J connectivity index is 2.14. The van der Waals surface area contributed by atoms with E-state index in [1.165, 1.54) is 16.0 Å². The number of thiophene rings is 1. The number of hydrogen-bond donors (Lipinski definition) is 1. The van der Waals surface area contributed by atoms with Crippen LogP contribution in [0.2, 0.25) is 0 Å². The van der Waals surface area contributed by atoms with E-state index in [0.717, 1.165) is 13.0 Å².